The molecule has 5 nitrogen and oxygen atoms in total. The van der Waals surface area contributed by atoms with Crippen LogP contribution in [0, 0.1) is 19.3 Å². The van der Waals surface area contributed by atoms with Crippen molar-refractivity contribution >= 4 is 17.5 Å². The van der Waals surface area contributed by atoms with Crippen LogP contribution in [0.1, 0.15) is 31.4 Å². The summed E-state index contributed by atoms with van der Waals surface area (Å²) in [5.74, 6) is -0.596. The summed E-state index contributed by atoms with van der Waals surface area (Å²) in [4.78, 5) is 24.7. The highest BCUT2D eigenvalue weighted by Crippen LogP contribution is 2.24. The van der Waals surface area contributed by atoms with Gasteiger partial charge in [-0.05, 0) is 45.2 Å². The number of ether oxygens (including phenoxy) is 1. The molecule has 0 aliphatic rings. The van der Waals surface area contributed by atoms with Crippen LogP contribution in [0.3, 0.4) is 0 Å². The fourth-order valence-electron chi connectivity index (χ4n) is 2.02. The minimum atomic E-state index is -1.14. The Morgan fingerprint density at radius 3 is 2.27 bits per heavy atom. The first-order valence-corrected chi connectivity index (χ1v) is 7.45. The summed E-state index contributed by atoms with van der Waals surface area (Å²) in [6.45, 7) is 8.19. The highest BCUT2D eigenvalue weighted by molar-refractivity contribution is 6.10. The van der Waals surface area contributed by atoms with Gasteiger partial charge in [0.15, 0.2) is 0 Å². The molecule has 0 atom stereocenters. The summed E-state index contributed by atoms with van der Waals surface area (Å²) in [6, 6.07) is 5.80. The van der Waals surface area contributed by atoms with Crippen molar-refractivity contribution in [3.05, 3.63) is 29.3 Å². The largest absolute Gasteiger partial charge is 0.385 e. The zero-order valence-corrected chi connectivity index (χ0v) is 14.1. The van der Waals surface area contributed by atoms with Crippen molar-refractivity contribution in [3.63, 3.8) is 0 Å². The van der Waals surface area contributed by atoms with E-state index in [1.807, 2.05) is 32.0 Å². The number of amides is 2. The van der Waals surface area contributed by atoms with Crippen LogP contribution in [0.25, 0.3) is 0 Å². The molecule has 0 unspecified atom stereocenters. The number of hydrogen-bond donors (Lipinski definition) is 2. The molecule has 0 fully saturated rings. The van der Waals surface area contributed by atoms with Crippen molar-refractivity contribution in [2.45, 2.75) is 34.1 Å². The van der Waals surface area contributed by atoms with E-state index in [0.717, 1.165) is 23.2 Å². The Balaban J connectivity index is 2.71. The lowest BCUT2D eigenvalue weighted by atomic mass is 9.90. The number of carbonyl (C=O) groups excluding carboxylic acids is 2. The number of hydrogen-bond acceptors (Lipinski definition) is 3. The third kappa shape index (κ3) is 4.56. The van der Waals surface area contributed by atoms with Crippen molar-refractivity contribution in [3.8, 4) is 0 Å². The van der Waals surface area contributed by atoms with Gasteiger partial charge in [0, 0.05) is 25.9 Å². The average molecular weight is 306 g/mol. The molecule has 0 spiro atoms. The number of carbonyl (C=O) groups is 2. The van der Waals surface area contributed by atoms with E-state index < -0.39 is 5.41 Å². The molecule has 0 saturated heterocycles. The predicted octanol–water partition coefficient (Wildman–Crippen LogP) is 2.42. The third-order valence-electron chi connectivity index (χ3n) is 3.67. The molecule has 2 amide bonds. The van der Waals surface area contributed by atoms with Gasteiger partial charge in [0.2, 0.25) is 11.8 Å². The SMILES string of the molecule is COCCCNC(=O)C(C)(C)C(=O)Nc1c(C)cccc1C. The van der Waals surface area contributed by atoms with Crippen LogP contribution in [0.4, 0.5) is 5.69 Å². The summed E-state index contributed by atoms with van der Waals surface area (Å²) in [6.07, 6.45) is 0.719. The van der Waals surface area contributed by atoms with E-state index in [0.29, 0.717) is 13.2 Å². The molecule has 0 saturated carbocycles. The van der Waals surface area contributed by atoms with Crippen LogP contribution in [0.2, 0.25) is 0 Å². The minimum Gasteiger partial charge on any atom is -0.385 e. The van der Waals surface area contributed by atoms with Crippen molar-refractivity contribution in [1.29, 1.82) is 0 Å². The summed E-state index contributed by atoms with van der Waals surface area (Å²) < 4.78 is 4.93. The van der Waals surface area contributed by atoms with Gasteiger partial charge in [0.1, 0.15) is 5.41 Å². The smallest absolute Gasteiger partial charge is 0.239 e. The number of nitrogens with one attached hydrogen (secondary N) is 2. The van der Waals surface area contributed by atoms with Crippen molar-refractivity contribution in [1.82, 2.24) is 5.32 Å². The zero-order chi connectivity index (χ0) is 16.8. The molecule has 1 rings (SSSR count). The molecule has 0 aliphatic heterocycles. The molecule has 122 valence electrons. The van der Waals surface area contributed by atoms with Crippen molar-refractivity contribution < 1.29 is 14.3 Å². The minimum absolute atomic E-state index is 0.285. The lowest BCUT2D eigenvalue weighted by Crippen LogP contribution is -2.45. The number of benzene rings is 1. The van der Waals surface area contributed by atoms with Gasteiger partial charge in [-0.2, -0.15) is 0 Å². The molecular weight excluding hydrogens is 280 g/mol. The van der Waals surface area contributed by atoms with E-state index in [4.69, 9.17) is 4.74 Å². The maximum absolute atomic E-state index is 12.5. The molecule has 5 heteroatoms. The van der Waals surface area contributed by atoms with Gasteiger partial charge in [-0.1, -0.05) is 18.2 Å². The lowest BCUT2D eigenvalue weighted by molar-refractivity contribution is -0.138. The molecule has 0 bridgehead atoms. The molecular formula is C17H26N2O3. The van der Waals surface area contributed by atoms with Gasteiger partial charge in [-0.15, -0.1) is 0 Å². The summed E-state index contributed by atoms with van der Waals surface area (Å²) in [5.41, 5.74) is 1.59. The molecule has 1 aromatic rings. The van der Waals surface area contributed by atoms with Crippen molar-refractivity contribution in [2.75, 3.05) is 25.6 Å². The predicted molar refractivity (Wildman–Crippen MR) is 87.8 cm³/mol. The van der Waals surface area contributed by atoms with Crippen LogP contribution in [-0.4, -0.2) is 32.1 Å². The quantitative estimate of drug-likeness (QED) is 0.600. The van der Waals surface area contributed by atoms with E-state index in [1.165, 1.54) is 0 Å². The second kappa shape index (κ2) is 7.94. The Bertz CT molecular complexity index is 518. The van der Waals surface area contributed by atoms with Gasteiger partial charge in [-0.3, -0.25) is 9.59 Å². The number of anilines is 1. The molecule has 0 radical (unpaired) electrons. The summed E-state index contributed by atoms with van der Waals surface area (Å²) in [5, 5.41) is 5.65. The summed E-state index contributed by atoms with van der Waals surface area (Å²) >= 11 is 0. The summed E-state index contributed by atoms with van der Waals surface area (Å²) in [7, 11) is 1.61. The standard InChI is InChI=1S/C17H26N2O3/c1-12-8-6-9-13(2)14(12)19-16(21)17(3,4)15(20)18-10-7-11-22-5/h6,8-9H,7,10-11H2,1-5H3,(H,18,20)(H,19,21). The van der Waals surface area contributed by atoms with E-state index in [-0.39, 0.29) is 11.8 Å². The Morgan fingerprint density at radius 1 is 1.14 bits per heavy atom. The maximum atomic E-state index is 12.5. The molecule has 0 heterocycles. The fraction of sp³-hybridized carbons (Fsp3) is 0.529. The normalized spacial score (nSPS) is 11.1. The van der Waals surface area contributed by atoms with E-state index in [2.05, 4.69) is 10.6 Å². The van der Waals surface area contributed by atoms with Crippen LogP contribution >= 0.6 is 0 Å². The molecule has 0 aromatic heterocycles. The number of para-hydroxylation sites is 1. The highest BCUT2D eigenvalue weighted by Gasteiger charge is 2.36. The zero-order valence-electron chi connectivity index (χ0n) is 14.1. The Kier molecular flexibility index (Phi) is 6.56. The van der Waals surface area contributed by atoms with Crippen LogP contribution in [0.5, 0.6) is 0 Å². The van der Waals surface area contributed by atoms with E-state index in [1.54, 1.807) is 21.0 Å². The molecule has 1 aromatic carbocycles. The molecule has 22 heavy (non-hydrogen) atoms. The van der Waals surface area contributed by atoms with Gasteiger partial charge in [0.05, 0.1) is 0 Å². The molecule has 0 aliphatic carbocycles. The van der Waals surface area contributed by atoms with E-state index in [9.17, 15) is 9.59 Å². The fourth-order valence-corrected chi connectivity index (χ4v) is 2.02. The topological polar surface area (TPSA) is 67.4 Å². The second-order valence-electron chi connectivity index (χ2n) is 5.95. The van der Waals surface area contributed by atoms with Gasteiger partial charge < -0.3 is 15.4 Å². The Morgan fingerprint density at radius 2 is 1.73 bits per heavy atom. The first-order chi connectivity index (χ1) is 10.3. The van der Waals surface area contributed by atoms with Gasteiger partial charge in [0.25, 0.3) is 0 Å². The molecule has 2 N–H and O–H groups in total. The monoisotopic (exact) mass is 306 g/mol. The van der Waals surface area contributed by atoms with Crippen LogP contribution in [-0.2, 0) is 14.3 Å². The highest BCUT2D eigenvalue weighted by atomic mass is 16.5. The van der Waals surface area contributed by atoms with Gasteiger partial charge in [-0.25, -0.2) is 0 Å². The average Bonchev–Trinajstić information content (AvgIpc) is 2.47. The van der Waals surface area contributed by atoms with Crippen molar-refractivity contribution in [2.24, 2.45) is 5.41 Å². The number of aryl methyl sites for hydroxylation is 2. The van der Waals surface area contributed by atoms with Crippen LogP contribution < -0.4 is 10.6 Å². The third-order valence-corrected chi connectivity index (χ3v) is 3.67. The second-order valence-corrected chi connectivity index (χ2v) is 5.95. The number of rotatable bonds is 7. The Labute approximate surface area is 132 Å². The van der Waals surface area contributed by atoms with E-state index >= 15 is 0 Å². The first-order valence-electron chi connectivity index (χ1n) is 7.45. The first kappa shape index (κ1) is 18.2. The van der Waals surface area contributed by atoms with Gasteiger partial charge >= 0.3 is 0 Å². The maximum Gasteiger partial charge on any atom is 0.239 e. The number of methoxy groups -OCH3 is 1. The van der Waals surface area contributed by atoms with Crippen LogP contribution in [0.15, 0.2) is 18.2 Å². The lowest BCUT2D eigenvalue weighted by Gasteiger charge is -2.24. The Hall–Kier alpha value is -1.88.